The van der Waals surface area contributed by atoms with Crippen LogP contribution in [0.1, 0.15) is 5.56 Å². The summed E-state index contributed by atoms with van der Waals surface area (Å²) < 4.78 is 10.5. The molecule has 23 heavy (non-hydrogen) atoms. The van der Waals surface area contributed by atoms with Gasteiger partial charge in [-0.2, -0.15) is 0 Å². The number of para-hydroxylation sites is 1. The summed E-state index contributed by atoms with van der Waals surface area (Å²) in [6, 6.07) is 13.5. The van der Waals surface area contributed by atoms with Gasteiger partial charge in [0.15, 0.2) is 0 Å². The predicted octanol–water partition coefficient (Wildman–Crippen LogP) is 2.71. The minimum absolute atomic E-state index is 0.0415. The Kier molecular flexibility index (Phi) is 4.37. The Bertz CT molecular complexity index is 715. The number of amides is 1. The fourth-order valence-corrected chi connectivity index (χ4v) is 2.82. The molecule has 1 amide bonds. The number of fused-ring (bicyclic) bond motifs is 1. The second-order valence-electron chi connectivity index (χ2n) is 5.34. The molecule has 0 bridgehead atoms. The first-order chi connectivity index (χ1) is 11.2. The summed E-state index contributed by atoms with van der Waals surface area (Å²) in [6.45, 7) is 0.937. The molecule has 1 aliphatic heterocycles. The van der Waals surface area contributed by atoms with Crippen molar-refractivity contribution < 1.29 is 14.3 Å². The molecule has 5 heteroatoms. The molecule has 0 fully saturated rings. The number of anilines is 2. The number of benzene rings is 2. The van der Waals surface area contributed by atoms with Gasteiger partial charge in [-0.1, -0.05) is 18.2 Å². The highest BCUT2D eigenvalue weighted by Gasteiger charge is 2.23. The normalized spacial score (nSPS) is 12.7. The summed E-state index contributed by atoms with van der Waals surface area (Å²) in [6.07, 6.45) is 0.907. The van der Waals surface area contributed by atoms with E-state index in [0.717, 1.165) is 24.3 Å². The smallest absolute Gasteiger partial charge is 0.246 e. The fourth-order valence-electron chi connectivity index (χ4n) is 2.82. The molecule has 1 aliphatic rings. The Hall–Kier alpha value is -2.69. The lowest BCUT2D eigenvalue weighted by Crippen LogP contribution is -2.34. The van der Waals surface area contributed by atoms with Crippen molar-refractivity contribution >= 4 is 17.3 Å². The Balaban J connectivity index is 1.71. The third kappa shape index (κ3) is 3.08. The van der Waals surface area contributed by atoms with Crippen molar-refractivity contribution in [3.8, 4) is 11.5 Å². The van der Waals surface area contributed by atoms with Crippen LogP contribution in [0.5, 0.6) is 11.5 Å². The number of ether oxygens (including phenoxy) is 2. The number of nitrogens with one attached hydrogen (secondary N) is 1. The van der Waals surface area contributed by atoms with Crippen molar-refractivity contribution in [2.75, 3.05) is 37.5 Å². The van der Waals surface area contributed by atoms with E-state index in [4.69, 9.17) is 9.47 Å². The maximum absolute atomic E-state index is 12.5. The largest absolute Gasteiger partial charge is 0.497 e. The van der Waals surface area contributed by atoms with Gasteiger partial charge in [-0.05, 0) is 30.2 Å². The van der Waals surface area contributed by atoms with Gasteiger partial charge in [0.1, 0.15) is 11.5 Å². The molecule has 2 aromatic rings. The Morgan fingerprint density at radius 2 is 2.00 bits per heavy atom. The molecule has 1 heterocycles. The highest BCUT2D eigenvalue weighted by atomic mass is 16.5. The van der Waals surface area contributed by atoms with Crippen molar-refractivity contribution in [2.45, 2.75) is 6.42 Å². The lowest BCUT2D eigenvalue weighted by molar-refractivity contribution is -0.116. The van der Waals surface area contributed by atoms with Crippen LogP contribution in [-0.2, 0) is 11.2 Å². The lowest BCUT2D eigenvalue weighted by atomic mass is 10.2. The molecule has 0 aliphatic carbocycles. The van der Waals surface area contributed by atoms with Gasteiger partial charge in [0, 0.05) is 18.3 Å². The number of hydrogen-bond acceptors (Lipinski definition) is 4. The van der Waals surface area contributed by atoms with E-state index in [1.807, 2.05) is 41.3 Å². The molecule has 1 N–H and O–H groups in total. The van der Waals surface area contributed by atoms with E-state index in [1.165, 1.54) is 5.56 Å². The van der Waals surface area contributed by atoms with Crippen LogP contribution in [-0.4, -0.2) is 33.2 Å². The number of carbonyl (C=O) groups is 1. The number of methoxy groups -OCH3 is 2. The fraction of sp³-hybridized carbons (Fsp3) is 0.278. The minimum atomic E-state index is 0.0415. The second-order valence-corrected chi connectivity index (χ2v) is 5.34. The van der Waals surface area contributed by atoms with Crippen LogP contribution >= 0.6 is 0 Å². The van der Waals surface area contributed by atoms with Gasteiger partial charge in [-0.15, -0.1) is 0 Å². The summed E-state index contributed by atoms with van der Waals surface area (Å²) in [5.41, 5.74) is 2.98. The Labute approximate surface area is 135 Å². The molecule has 0 spiro atoms. The average molecular weight is 312 g/mol. The van der Waals surface area contributed by atoms with E-state index in [-0.39, 0.29) is 12.5 Å². The van der Waals surface area contributed by atoms with Gasteiger partial charge in [0.2, 0.25) is 5.91 Å². The summed E-state index contributed by atoms with van der Waals surface area (Å²) in [7, 11) is 3.21. The van der Waals surface area contributed by atoms with Crippen molar-refractivity contribution in [2.24, 2.45) is 0 Å². The highest BCUT2D eigenvalue weighted by molar-refractivity contribution is 5.98. The van der Waals surface area contributed by atoms with Crippen molar-refractivity contribution in [1.29, 1.82) is 0 Å². The van der Waals surface area contributed by atoms with E-state index < -0.39 is 0 Å². The third-order valence-corrected chi connectivity index (χ3v) is 4.02. The maximum atomic E-state index is 12.5. The molecule has 0 unspecified atom stereocenters. The first kappa shape index (κ1) is 15.2. The molecule has 120 valence electrons. The standard InChI is InChI=1S/C18H20N2O3/c1-22-14-7-8-17(23-2)15(11-14)19-12-18(21)20-10-9-13-5-3-4-6-16(13)20/h3-8,11,19H,9-10,12H2,1-2H3. The predicted molar refractivity (Wildman–Crippen MR) is 90.5 cm³/mol. The first-order valence-electron chi connectivity index (χ1n) is 7.57. The molecule has 0 radical (unpaired) electrons. The van der Waals surface area contributed by atoms with Gasteiger partial charge < -0.3 is 19.7 Å². The number of carbonyl (C=O) groups excluding carboxylic acids is 1. The molecule has 0 atom stereocenters. The van der Waals surface area contributed by atoms with Gasteiger partial charge >= 0.3 is 0 Å². The maximum Gasteiger partial charge on any atom is 0.246 e. The van der Waals surface area contributed by atoms with E-state index in [9.17, 15) is 4.79 Å². The molecule has 0 saturated heterocycles. The van der Waals surface area contributed by atoms with Crippen LogP contribution < -0.4 is 19.7 Å². The van der Waals surface area contributed by atoms with E-state index in [0.29, 0.717) is 11.5 Å². The van der Waals surface area contributed by atoms with Crippen LogP contribution in [0.3, 0.4) is 0 Å². The van der Waals surface area contributed by atoms with E-state index in [1.54, 1.807) is 14.2 Å². The quantitative estimate of drug-likeness (QED) is 0.922. The van der Waals surface area contributed by atoms with Gasteiger partial charge in [0.25, 0.3) is 0 Å². The van der Waals surface area contributed by atoms with Crippen LogP contribution in [0.15, 0.2) is 42.5 Å². The van der Waals surface area contributed by atoms with Crippen molar-refractivity contribution in [3.05, 3.63) is 48.0 Å². The summed E-state index contributed by atoms with van der Waals surface area (Å²) >= 11 is 0. The molecule has 5 nitrogen and oxygen atoms in total. The molecule has 0 saturated carbocycles. The van der Waals surface area contributed by atoms with Crippen LogP contribution in [0.4, 0.5) is 11.4 Å². The summed E-state index contributed by atoms with van der Waals surface area (Å²) in [5.74, 6) is 1.44. The minimum Gasteiger partial charge on any atom is -0.497 e. The molecular formula is C18H20N2O3. The zero-order chi connectivity index (χ0) is 16.2. The zero-order valence-electron chi connectivity index (χ0n) is 13.3. The lowest BCUT2D eigenvalue weighted by Gasteiger charge is -2.19. The second kappa shape index (κ2) is 6.60. The number of rotatable bonds is 5. The molecular weight excluding hydrogens is 292 g/mol. The Morgan fingerprint density at radius 3 is 2.78 bits per heavy atom. The first-order valence-corrected chi connectivity index (χ1v) is 7.57. The van der Waals surface area contributed by atoms with Crippen LogP contribution in [0.2, 0.25) is 0 Å². The van der Waals surface area contributed by atoms with Crippen LogP contribution in [0.25, 0.3) is 0 Å². The molecule has 2 aromatic carbocycles. The van der Waals surface area contributed by atoms with Gasteiger partial charge in [0.05, 0.1) is 26.5 Å². The summed E-state index contributed by atoms with van der Waals surface area (Å²) in [5, 5.41) is 3.15. The van der Waals surface area contributed by atoms with Crippen LogP contribution in [0, 0.1) is 0 Å². The third-order valence-electron chi connectivity index (χ3n) is 4.02. The SMILES string of the molecule is COc1ccc(OC)c(NCC(=O)N2CCc3ccccc32)c1. The topological polar surface area (TPSA) is 50.8 Å². The zero-order valence-corrected chi connectivity index (χ0v) is 13.3. The number of nitrogens with zero attached hydrogens (tertiary/aromatic N) is 1. The highest BCUT2D eigenvalue weighted by Crippen LogP contribution is 2.30. The Morgan fingerprint density at radius 1 is 1.17 bits per heavy atom. The van der Waals surface area contributed by atoms with Crippen molar-refractivity contribution in [1.82, 2.24) is 0 Å². The number of hydrogen-bond donors (Lipinski definition) is 1. The molecule has 3 rings (SSSR count). The summed E-state index contributed by atoms with van der Waals surface area (Å²) in [4.78, 5) is 14.4. The molecule has 0 aromatic heterocycles. The average Bonchev–Trinajstić information content (AvgIpc) is 3.03. The van der Waals surface area contributed by atoms with Gasteiger partial charge in [-0.25, -0.2) is 0 Å². The van der Waals surface area contributed by atoms with E-state index in [2.05, 4.69) is 11.4 Å². The van der Waals surface area contributed by atoms with Crippen molar-refractivity contribution in [3.63, 3.8) is 0 Å². The van der Waals surface area contributed by atoms with Gasteiger partial charge in [-0.3, -0.25) is 4.79 Å². The monoisotopic (exact) mass is 312 g/mol. The van der Waals surface area contributed by atoms with E-state index >= 15 is 0 Å².